The zero-order chi connectivity index (χ0) is 15.0. The van der Waals surface area contributed by atoms with Gasteiger partial charge in [0.05, 0.1) is 13.2 Å². The number of aromatic nitrogens is 3. The first-order chi connectivity index (χ1) is 9.64. The number of ether oxygens (including phenoxy) is 1. The zero-order valence-electron chi connectivity index (χ0n) is 12.4. The molecule has 1 heterocycles. The van der Waals surface area contributed by atoms with Crippen LogP contribution in [0.25, 0.3) is 0 Å². The summed E-state index contributed by atoms with van der Waals surface area (Å²) >= 11 is 1.60. The highest BCUT2D eigenvalue weighted by Crippen LogP contribution is 2.16. The fourth-order valence-corrected chi connectivity index (χ4v) is 2.21. The van der Waals surface area contributed by atoms with Crippen LogP contribution >= 0.6 is 11.8 Å². The molecule has 1 aromatic rings. The van der Waals surface area contributed by atoms with E-state index in [9.17, 15) is 5.11 Å². The number of hydrogen-bond donors (Lipinski definition) is 3. The minimum Gasteiger partial charge on any atom is -0.464 e. The predicted molar refractivity (Wildman–Crippen MR) is 82.6 cm³/mol. The third-order valence-corrected chi connectivity index (χ3v) is 3.78. The summed E-state index contributed by atoms with van der Waals surface area (Å²) in [7, 11) is 0. The Morgan fingerprint density at radius 3 is 2.50 bits per heavy atom. The SMILES string of the molecule is CCNc1nc(NC(C)C(CO)SC)nc(OCC)n1. The van der Waals surface area contributed by atoms with Crippen molar-refractivity contribution in [3.05, 3.63) is 0 Å². The van der Waals surface area contributed by atoms with Crippen LogP contribution in [0.4, 0.5) is 11.9 Å². The lowest BCUT2D eigenvalue weighted by Gasteiger charge is -2.21. The van der Waals surface area contributed by atoms with Gasteiger partial charge in [0.1, 0.15) is 0 Å². The Bertz CT molecular complexity index is 379. The molecule has 0 saturated heterocycles. The molecule has 0 aliphatic heterocycles. The van der Waals surface area contributed by atoms with E-state index in [0.717, 1.165) is 0 Å². The molecule has 20 heavy (non-hydrogen) atoms. The molecule has 8 heteroatoms. The van der Waals surface area contributed by atoms with E-state index in [0.29, 0.717) is 25.0 Å². The smallest absolute Gasteiger partial charge is 0.323 e. The van der Waals surface area contributed by atoms with Gasteiger partial charge in [-0.25, -0.2) is 0 Å². The Kier molecular flexibility index (Phi) is 7.38. The van der Waals surface area contributed by atoms with Gasteiger partial charge in [0.2, 0.25) is 11.9 Å². The highest BCUT2D eigenvalue weighted by Gasteiger charge is 2.17. The first-order valence-corrected chi connectivity index (χ1v) is 7.96. The molecule has 114 valence electrons. The second-order valence-electron chi connectivity index (χ2n) is 4.12. The van der Waals surface area contributed by atoms with Gasteiger partial charge in [-0.2, -0.15) is 26.7 Å². The lowest BCUT2D eigenvalue weighted by molar-refractivity contribution is 0.288. The van der Waals surface area contributed by atoms with E-state index in [1.807, 2.05) is 27.0 Å². The molecule has 0 amide bonds. The second kappa shape index (κ2) is 8.80. The molecule has 0 bridgehead atoms. The molecule has 0 radical (unpaired) electrons. The van der Waals surface area contributed by atoms with Gasteiger partial charge < -0.3 is 20.5 Å². The van der Waals surface area contributed by atoms with Crippen molar-refractivity contribution < 1.29 is 9.84 Å². The Balaban J connectivity index is 2.86. The van der Waals surface area contributed by atoms with Gasteiger partial charge in [0.25, 0.3) is 0 Å². The van der Waals surface area contributed by atoms with Crippen LogP contribution in [0.5, 0.6) is 6.01 Å². The van der Waals surface area contributed by atoms with Crippen LogP contribution in [0.3, 0.4) is 0 Å². The van der Waals surface area contributed by atoms with Gasteiger partial charge in [-0.1, -0.05) is 0 Å². The molecule has 0 saturated carbocycles. The van der Waals surface area contributed by atoms with Crippen molar-refractivity contribution in [2.45, 2.75) is 32.1 Å². The maximum Gasteiger partial charge on any atom is 0.323 e. The lowest BCUT2D eigenvalue weighted by Crippen LogP contribution is -2.31. The summed E-state index contributed by atoms with van der Waals surface area (Å²) in [5.41, 5.74) is 0. The van der Waals surface area contributed by atoms with E-state index in [2.05, 4.69) is 25.6 Å². The minimum absolute atomic E-state index is 0.0290. The van der Waals surface area contributed by atoms with Crippen molar-refractivity contribution in [3.63, 3.8) is 0 Å². The second-order valence-corrected chi connectivity index (χ2v) is 5.20. The fourth-order valence-electron chi connectivity index (χ4n) is 1.59. The van der Waals surface area contributed by atoms with Crippen molar-refractivity contribution in [3.8, 4) is 6.01 Å². The van der Waals surface area contributed by atoms with E-state index in [-0.39, 0.29) is 23.9 Å². The molecule has 1 rings (SSSR count). The Morgan fingerprint density at radius 2 is 1.95 bits per heavy atom. The molecule has 0 aliphatic carbocycles. The largest absolute Gasteiger partial charge is 0.464 e. The predicted octanol–water partition coefficient (Wildman–Crippen LogP) is 1.23. The summed E-state index contributed by atoms with van der Waals surface area (Å²) in [4.78, 5) is 12.6. The quantitative estimate of drug-likeness (QED) is 0.627. The van der Waals surface area contributed by atoms with Crippen LogP contribution in [0.15, 0.2) is 0 Å². The van der Waals surface area contributed by atoms with Crippen molar-refractivity contribution in [1.82, 2.24) is 15.0 Å². The number of hydrogen-bond acceptors (Lipinski definition) is 8. The number of aliphatic hydroxyl groups is 1. The van der Waals surface area contributed by atoms with E-state index in [1.54, 1.807) is 11.8 Å². The maximum absolute atomic E-state index is 9.30. The highest BCUT2D eigenvalue weighted by atomic mass is 32.2. The van der Waals surface area contributed by atoms with E-state index >= 15 is 0 Å². The Labute approximate surface area is 124 Å². The molecular weight excluding hydrogens is 278 g/mol. The molecule has 7 nitrogen and oxygen atoms in total. The monoisotopic (exact) mass is 301 g/mol. The standard InChI is InChI=1S/C12H23N5O2S/c1-5-13-10-15-11(17-12(16-10)19-6-2)14-8(3)9(7-18)20-4/h8-9,18H,5-7H2,1-4H3,(H2,13,14,15,16,17). The summed E-state index contributed by atoms with van der Waals surface area (Å²) in [6.07, 6.45) is 1.96. The normalized spacial score (nSPS) is 13.7. The van der Waals surface area contributed by atoms with Crippen LogP contribution in [0, 0.1) is 0 Å². The first kappa shape index (κ1) is 16.8. The lowest BCUT2D eigenvalue weighted by atomic mass is 10.2. The molecule has 2 atom stereocenters. The van der Waals surface area contributed by atoms with Crippen LogP contribution in [-0.2, 0) is 0 Å². The van der Waals surface area contributed by atoms with Gasteiger partial charge in [0.15, 0.2) is 0 Å². The molecule has 0 aliphatic rings. The zero-order valence-corrected chi connectivity index (χ0v) is 13.2. The number of nitrogens with one attached hydrogen (secondary N) is 2. The topological polar surface area (TPSA) is 92.2 Å². The molecular formula is C12H23N5O2S. The van der Waals surface area contributed by atoms with Crippen LogP contribution < -0.4 is 15.4 Å². The molecule has 1 aromatic heterocycles. The van der Waals surface area contributed by atoms with Gasteiger partial charge >= 0.3 is 6.01 Å². The van der Waals surface area contributed by atoms with Crippen LogP contribution in [0.2, 0.25) is 0 Å². The summed E-state index contributed by atoms with van der Waals surface area (Å²) < 4.78 is 5.33. The molecule has 3 N–H and O–H groups in total. The molecule has 0 fully saturated rings. The van der Waals surface area contributed by atoms with Crippen LogP contribution in [0.1, 0.15) is 20.8 Å². The number of aliphatic hydroxyl groups excluding tert-OH is 1. The minimum atomic E-state index is 0.0290. The third-order valence-electron chi connectivity index (χ3n) is 2.62. The van der Waals surface area contributed by atoms with Crippen molar-refractivity contribution in [2.75, 3.05) is 36.6 Å². The van der Waals surface area contributed by atoms with Gasteiger partial charge in [-0.3, -0.25) is 0 Å². The molecule has 0 spiro atoms. The van der Waals surface area contributed by atoms with Crippen molar-refractivity contribution >= 4 is 23.7 Å². The summed E-state index contributed by atoms with van der Waals surface area (Å²) in [6, 6.07) is 0.319. The average molecular weight is 301 g/mol. The number of thioether (sulfide) groups is 1. The Morgan fingerprint density at radius 1 is 1.25 bits per heavy atom. The average Bonchev–Trinajstić information content (AvgIpc) is 2.40. The van der Waals surface area contributed by atoms with Crippen molar-refractivity contribution in [2.24, 2.45) is 0 Å². The van der Waals surface area contributed by atoms with E-state index in [4.69, 9.17) is 4.74 Å². The maximum atomic E-state index is 9.30. The van der Waals surface area contributed by atoms with E-state index in [1.165, 1.54) is 0 Å². The third kappa shape index (κ3) is 5.01. The number of nitrogens with zero attached hydrogens (tertiary/aromatic N) is 3. The summed E-state index contributed by atoms with van der Waals surface area (Å²) in [5.74, 6) is 0.921. The molecule has 0 aromatic carbocycles. The summed E-state index contributed by atoms with van der Waals surface area (Å²) in [5, 5.41) is 15.6. The summed E-state index contributed by atoms with van der Waals surface area (Å²) in [6.45, 7) is 7.13. The van der Waals surface area contributed by atoms with Crippen LogP contribution in [-0.4, -0.2) is 57.4 Å². The van der Waals surface area contributed by atoms with Gasteiger partial charge in [-0.05, 0) is 27.0 Å². The highest BCUT2D eigenvalue weighted by molar-refractivity contribution is 7.99. The van der Waals surface area contributed by atoms with Gasteiger partial charge in [-0.15, -0.1) is 0 Å². The van der Waals surface area contributed by atoms with E-state index < -0.39 is 0 Å². The fraction of sp³-hybridized carbons (Fsp3) is 0.750. The first-order valence-electron chi connectivity index (χ1n) is 6.67. The number of rotatable bonds is 9. The number of anilines is 2. The Hall–Kier alpha value is -1.28. The van der Waals surface area contributed by atoms with Crippen molar-refractivity contribution in [1.29, 1.82) is 0 Å². The molecule has 2 unspecified atom stereocenters. The van der Waals surface area contributed by atoms with Gasteiger partial charge in [0, 0.05) is 17.8 Å².